The first-order valence-electron chi connectivity index (χ1n) is 6.04. The molecular formula is C13H16N2O3. The van der Waals surface area contributed by atoms with Gasteiger partial charge < -0.3 is 4.90 Å². The highest BCUT2D eigenvalue weighted by molar-refractivity contribution is 5.79. The van der Waals surface area contributed by atoms with Crippen LogP contribution in [0.2, 0.25) is 0 Å². The quantitative estimate of drug-likeness (QED) is 0.591. The number of likely N-dealkylation sites (N-methyl/N-ethyl adjacent to an activating group) is 1. The lowest BCUT2D eigenvalue weighted by molar-refractivity contribution is -0.385. The Hall–Kier alpha value is -1.91. The Bertz CT molecular complexity index is 469. The number of carbonyl (C=O) groups is 1. The number of rotatable bonds is 5. The highest BCUT2D eigenvalue weighted by Gasteiger charge is 2.25. The van der Waals surface area contributed by atoms with E-state index in [1.807, 2.05) is 0 Å². The van der Waals surface area contributed by atoms with E-state index in [0.717, 1.165) is 6.54 Å². The van der Waals surface area contributed by atoms with Gasteiger partial charge in [-0.05, 0) is 18.8 Å². The number of nitro benzene ring substituents is 1. The summed E-state index contributed by atoms with van der Waals surface area (Å²) in [7, 11) is 1.76. The maximum absolute atomic E-state index is 12.0. The predicted molar refractivity (Wildman–Crippen MR) is 67.2 cm³/mol. The molecule has 5 nitrogen and oxygen atoms in total. The van der Waals surface area contributed by atoms with Gasteiger partial charge in [0.25, 0.3) is 5.69 Å². The number of hydrogen-bond acceptors (Lipinski definition) is 3. The second-order valence-corrected chi connectivity index (χ2v) is 4.78. The van der Waals surface area contributed by atoms with E-state index < -0.39 is 4.92 Å². The summed E-state index contributed by atoms with van der Waals surface area (Å²) in [5, 5.41) is 10.8. The highest BCUT2D eigenvalue weighted by Crippen LogP contribution is 2.29. The summed E-state index contributed by atoms with van der Waals surface area (Å²) in [4.78, 5) is 24.0. The molecule has 18 heavy (non-hydrogen) atoms. The molecule has 0 aromatic heterocycles. The van der Waals surface area contributed by atoms with E-state index in [2.05, 4.69) is 0 Å². The van der Waals surface area contributed by atoms with Gasteiger partial charge in [-0.15, -0.1) is 0 Å². The second-order valence-electron chi connectivity index (χ2n) is 4.78. The standard InChI is InChI=1S/C13H16N2O3/c1-14(9-10-6-7-10)13(16)8-11-4-2-3-5-12(11)15(17)18/h2-5,10H,6-9H2,1H3. The lowest BCUT2D eigenvalue weighted by atomic mass is 10.1. The van der Waals surface area contributed by atoms with E-state index in [1.54, 1.807) is 30.1 Å². The van der Waals surface area contributed by atoms with Crippen molar-refractivity contribution < 1.29 is 9.72 Å². The van der Waals surface area contributed by atoms with Crippen LogP contribution in [0.25, 0.3) is 0 Å². The minimum absolute atomic E-state index is 0.0191. The molecule has 1 aliphatic carbocycles. The molecule has 0 radical (unpaired) electrons. The number of para-hydroxylation sites is 1. The van der Waals surface area contributed by atoms with E-state index in [9.17, 15) is 14.9 Å². The summed E-state index contributed by atoms with van der Waals surface area (Å²) in [6.07, 6.45) is 2.46. The van der Waals surface area contributed by atoms with E-state index >= 15 is 0 Å². The predicted octanol–water partition coefficient (Wildman–Crippen LogP) is 2.01. The van der Waals surface area contributed by atoms with Gasteiger partial charge in [0.05, 0.1) is 11.3 Å². The first kappa shape index (κ1) is 12.5. The summed E-state index contributed by atoms with van der Waals surface area (Å²) in [6.45, 7) is 0.763. The molecule has 0 saturated heterocycles. The van der Waals surface area contributed by atoms with Crippen LogP contribution in [0.4, 0.5) is 5.69 Å². The number of amides is 1. The Kier molecular flexibility index (Phi) is 3.60. The monoisotopic (exact) mass is 248 g/mol. The normalized spacial score (nSPS) is 14.3. The number of benzene rings is 1. The van der Waals surface area contributed by atoms with Gasteiger partial charge in [0, 0.05) is 25.2 Å². The smallest absolute Gasteiger partial charge is 0.273 e. The molecule has 0 unspecified atom stereocenters. The molecule has 2 rings (SSSR count). The Morgan fingerprint density at radius 1 is 1.44 bits per heavy atom. The maximum Gasteiger partial charge on any atom is 0.273 e. The first-order chi connectivity index (χ1) is 8.58. The molecule has 0 atom stereocenters. The minimum Gasteiger partial charge on any atom is -0.345 e. The van der Waals surface area contributed by atoms with Gasteiger partial charge in [-0.1, -0.05) is 18.2 Å². The molecule has 0 heterocycles. The van der Waals surface area contributed by atoms with Gasteiger partial charge in [-0.2, -0.15) is 0 Å². The Morgan fingerprint density at radius 3 is 2.72 bits per heavy atom. The topological polar surface area (TPSA) is 63.5 Å². The van der Waals surface area contributed by atoms with Crippen LogP contribution in [0.15, 0.2) is 24.3 Å². The van der Waals surface area contributed by atoms with Crippen LogP contribution in [-0.2, 0) is 11.2 Å². The number of nitrogens with zero attached hydrogens (tertiary/aromatic N) is 2. The van der Waals surface area contributed by atoms with Crippen LogP contribution in [0.5, 0.6) is 0 Å². The van der Waals surface area contributed by atoms with Crippen molar-refractivity contribution >= 4 is 11.6 Å². The van der Waals surface area contributed by atoms with Crippen LogP contribution in [0.1, 0.15) is 18.4 Å². The molecule has 5 heteroatoms. The SMILES string of the molecule is CN(CC1CC1)C(=O)Cc1ccccc1[N+](=O)[O-]. The largest absolute Gasteiger partial charge is 0.345 e. The van der Waals surface area contributed by atoms with Gasteiger partial charge in [0.2, 0.25) is 5.91 Å². The number of carbonyl (C=O) groups excluding carboxylic acids is 1. The molecule has 1 fully saturated rings. The zero-order valence-corrected chi connectivity index (χ0v) is 10.3. The van der Waals surface area contributed by atoms with Crippen LogP contribution in [0, 0.1) is 16.0 Å². The molecule has 1 saturated carbocycles. The first-order valence-corrected chi connectivity index (χ1v) is 6.04. The van der Waals surface area contributed by atoms with Crippen LogP contribution in [0.3, 0.4) is 0 Å². The summed E-state index contributed by atoms with van der Waals surface area (Å²) in [6, 6.07) is 6.40. The third-order valence-electron chi connectivity index (χ3n) is 3.18. The molecule has 1 aromatic rings. The molecule has 1 aliphatic rings. The fourth-order valence-corrected chi connectivity index (χ4v) is 1.93. The summed E-state index contributed by atoms with van der Waals surface area (Å²) >= 11 is 0. The molecule has 96 valence electrons. The Balaban J connectivity index is 2.03. The van der Waals surface area contributed by atoms with E-state index in [1.165, 1.54) is 18.9 Å². The van der Waals surface area contributed by atoms with Crippen molar-refractivity contribution in [3.63, 3.8) is 0 Å². The van der Waals surface area contributed by atoms with Crippen LogP contribution < -0.4 is 0 Å². The second kappa shape index (κ2) is 5.16. The van der Waals surface area contributed by atoms with Crippen molar-refractivity contribution in [1.82, 2.24) is 4.90 Å². The van der Waals surface area contributed by atoms with Gasteiger partial charge in [0.1, 0.15) is 0 Å². The molecule has 1 aromatic carbocycles. The Labute approximate surface area is 106 Å². The van der Waals surface area contributed by atoms with Gasteiger partial charge in [-0.3, -0.25) is 14.9 Å². The fraction of sp³-hybridized carbons (Fsp3) is 0.462. The minimum atomic E-state index is -0.441. The van der Waals surface area contributed by atoms with Crippen molar-refractivity contribution in [3.8, 4) is 0 Å². The van der Waals surface area contributed by atoms with Crippen molar-refractivity contribution in [1.29, 1.82) is 0 Å². The average molecular weight is 248 g/mol. The van der Waals surface area contributed by atoms with Crippen molar-refractivity contribution in [2.45, 2.75) is 19.3 Å². The molecule has 0 aliphatic heterocycles. The number of nitro groups is 1. The average Bonchev–Trinajstić information content (AvgIpc) is 3.13. The van der Waals surface area contributed by atoms with E-state index in [4.69, 9.17) is 0 Å². The zero-order valence-electron chi connectivity index (χ0n) is 10.3. The lowest BCUT2D eigenvalue weighted by Crippen LogP contribution is -2.30. The summed E-state index contributed by atoms with van der Waals surface area (Å²) in [5.41, 5.74) is 0.501. The maximum atomic E-state index is 12.0. The molecule has 1 amide bonds. The summed E-state index contributed by atoms with van der Waals surface area (Å²) < 4.78 is 0. The van der Waals surface area contributed by atoms with Crippen LogP contribution in [-0.4, -0.2) is 29.3 Å². The van der Waals surface area contributed by atoms with E-state index in [0.29, 0.717) is 11.5 Å². The van der Waals surface area contributed by atoms with Gasteiger partial charge in [-0.25, -0.2) is 0 Å². The molecular weight excluding hydrogens is 232 g/mol. The van der Waals surface area contributed by atoms with Crippen LogP contribution >= 0.6 is 0 Å². The molecule has 0 spiro atoms. The van der Waals surface area contributed by atoms with E-state index in [-0.39, 0.29) is 18.0 Å². The van der Waals surface area contributed by atoms with Crippen molar-refractivity contribution in [2.75, 3.05) is 13.6 Å². The molecule has 0 N–H and O–H groups in total. The van der Waals surface area contributed by atoms with Crippen molar-refractivity contribution in [3.05, 3.63) is 39.9 Å². The number of hydrogen-bond donors (Lipinski definition) is 0. The Morgan fingerprint density at radius 2 is 2.11 bits per heavy atom. The summed E-state index contributed by atoms with van der Waals surface area (Å²) in [5.74, 6) is 0.570. The van der Waals surface area contributed by atoms with Gasteiger partial charge in [0.15, 0.2) is 0 Å². The highest BCUT2D eigenvalue weighted by atomic mass is 16.6. The fourth-order valence-electron chi connectivity index (χ4n) is 1.93. The lowest BCUT2D eigenvalue weighted by Gasteiger charge is -2.16. The molecule has 0 bridgehead atoms. The van der Waals surface area contributed by atoms with Gasteiger partial charge >= 0.3 is 0 Å². The third-order valence-corrected chi connectivity index (χ3v) is 3.18. The van der Waals surface area contributed by atoms with Crippen molar-refractivity contribution in [2.24, 2.45) is 5.92 Å². The third kappa shape index (κ3) is 3.06. The zero-order chi connectivity index (χ0) is 13.1.